The predicted octanol–water partition coefficient (Wildman–Crippen LogP) is 5.26. The number of alkyl carbamates (subject to hydrolysis) is 1. The van der Waals surface area contributed by atoms with Gasteiger partial charge in [0.05, 0.1) is 6.04 Å². The minimum absolute atomic E-state index is 0.195. The fourth-order valence-corrected chi connectivity index (χ4v) is 3.91. The van der Waals surface area contributed by atoms with Crippen molar-refractivity contribution in [3.05, 3.63) is 36.6 Å². The molecule has 2 unspecified atom stereocenters. The highest BCUT2D eigenvalue weighted by Crippen LogP contribution is 2.36. The van der Waals surface area contributed by atoms with Crippen LogP contribution < -0.4 is 10.6 Å². The Kier molecular flexibility index (Phi) is 10.2. The van der Waals surface area contributed by atoms with Gasteiger partial charge in [-0.05, 0) is 77.0 Å². The van der Waals surface area contributed by atoms with Crippen molar-refractivity contribution in [2.75, 3.05) is 26.7 Å². The van der Waals surface area contributed by atoms with E-state index in [-0.39, 0.29) is 6.04 Å². The van der Waals surface area contributed by atoms with Crippen LogP contribution in [0.25, 0.3) is 0 Å². The van der Waals surface area contributed by atoms with Crippen molar-refractivity contribution in [3.8, 4) is 0 Å². The Bertz CT molecular complexity index is 608. The number of nitrogens with one attached hydrogen (secondary N) is 2. The molecule has 2 N–H and O–H groups in total. The van der Waals surface area contributed by atoms with Crippen molar-refractivity contribution in [1.82, 2.24) is 15.5 Å². The first kappa shape index (κ1) is 26.3. The zero-order valence-electron chi connectivity index (χ0n) is 20.4. The van der Waals surface area contributed by atoms with Gasteiger partial charge in [-0.3, -0.25) is 0 Å². The fourth-order valence-electron chi connectivity index (χ4n) is 3.91. The molecule has 30 heavy (non-hydrogen) atoms. The number of carbonyl (C=O) groups excluding carboxylic acids is 1. The summed E-state index contributed by atoms with van der Waals surface area (Å²) >= 11 is 0. The van der Waals surface area contributed by atoms with E-state index < -0.39 is 11.7 Å². The fraction of sp³-hybridized carbons (Fsp3) is 0.720. The molecular formula is C25H45N3O2. The molecule has 1 aliphatic rings. The molecule has 5 heteroatoms. The van der Waals surface area contributed by atoms with Gasteiger partial charge in [-0.25, -0.2) is 4.79 Å². The van der Waals surface area contributed by atoms with Crippen molar-refractivity contribution in [2.24, 2.45) is 11.3 Å². The van der Waals surface area contributed by atoms with Gasteiger partial charge in [-0.1, -0.05) is 39.5 Å². The van der Waals surface area contributed by atoms with Crippen LogP contribution in [0.3, 0.4) is 0 Å². The Hall–Kier alpha value is -1.75. The molecule has 2 atom stereocenters. The molecule has 1 amide bonds. The van der Waals surface area contributed by atoms with Crippen LogP contribution in [0.15, 0.2) is 36.6 Å². The zero-order valence-corrected chi connectivity index (χ0v) is 20.4. The topological polar surface area (TPSA) is 53.6 Å². The smallest absolute Gasteiger partial charge is 0.408 e. The first-order valence-electron chi connectivity index (χ1n) is 11.3. The Morgan fingerprint density at radius 2 is 1.93 bits per heavy atom. The van der Waals surface area contributed by atoms with Crippen LogP contribution in [0.1, 0.15) is 67.2 Å². The van der Waals surface area contributed by atoms with Crippen LogP contribution in [0, 0.1) is 11.3 Å². The highest BCUT2D eigenvalue weighted by atomic mass is 16.6. The third kappa shape index (κ3) is 8.95. The van der Waals surface area contributed by atoms with E-state index in [1.807, 2.05) is 33.9 Å². The monoisotopic (exact) mass is 419 g/mol. The lowest BCUT2D eigenvalue weighted by Gasteiger charge is -2.49. The van der Waals surface area contributed by atoms with E-state index in [1.165, 1.54) is 0 Å². The second-order valence-electron chi connectivity index (χ2n) is 10.2. The summed E-state index contributed by atoms with van der Waals surface area (Å²) in [6.07, 6.45) is 7.62. The van der Waals surface area contributed by atoms with Crippen LogP contribution in [-0.2, 0) is 4.74 Å². The summed E-state index contributed by atoms with van der Waals surface area (Å²) in [6, 6.07) is -0.195. The number of hydrogen-bond acceptors (Lipinski definition) is 4. The van der Waals surface area contributed by atoms with E-state index in [4.69, 9.17) is 4.74 Å². The van der Waals surface area contributed by atoms with Crippen LogP contribution in [-0.4, -0.2) is 49.3 Å². The number of nitrogens with zero attached hydrogens (tertiary/aromatic N) is 1. The van der Waals surface area contributed by atoms with E-state index in [0.29, 0.717) is 11.3 Å². The largest absolute Gasteiger partial charge is 0.444 e. The Labute approximate surface area is 185 Å². The SMILES string of the molecule is C=CC(CCCNC)CC(NC(=O)OC(C)(C)C)C(=C)/C(=C\CC)N1CC(C)(C)C1. The lowest BCUT2D eigenvalue weighted by molar-refractivity contribution is 0.0494. The Morgan fingerprint density at radius 3 is 2.40 bits per heavy atom. The molecule has 0 aromatic rings. The van der Waals surface area contributed by atoms with Crippen molar-refractivity contribution in [1.29, 1.82) is 0 Å². The summed E-state index contributed by atoms with van der Waals surface area (Å²) in [6.45, 7) is 23.8. The van der Waals surface area contributed by atoms with E-state index in [2.05, 4.69) is 55.5 Å². The molecule has 172 valence electrons. The van der Waals surface area contributed by atoms with Crippen LogP contribution in [0.4, 0.5) is 4.79 Å². The van der Waals surface area contributed by atoms with Crippen molar-refractivity contribution < 1.29 is 9.53 Å². The molecule has 0 aromatic carbocycles. The standard InChI is InChI=1S/C25H45N3O2/c1-10-13-22(28-17-25(7,8)18-28)19(3)21(27-23(29)30-24(4,5)6)16-20(11-2)14-12-15-26-9/h11,13,20-21,26H,2-3,10,12,14-18H2,1,4-9H3,(H,27,29)/b22-13+. The molecule has 0 aromatic heterocycles. The summed E-state index contributed by atoms with van der Waals surface area (Å²) in [5.74, 6) is 0.297. The number of allylic oxidation sites excluding steroid dienone is 2. The molecule has 1 rings (SSSR count). The van der Waals surface area contributed by atoms with Crippen molar-refractivity contribution in [2.45, 2.75) is 78.9 Å². The molecule has 1 fully saturated rings. The maximum atomic E-state index is 12.6. The summed E-state index contributed by atoms with van der Waals surface area (Å²) in [5.41, 5.74) is 1.89. The molecule has 0 bridgehead atoms. The molecule has 0 radical (unpaired) electrons. The highest BCUT2D eigenvalue weighted by Gasteiger charge is 2.37. The van der Waals surface area contributed by atoms with Gasteiger partial charge in [0.1, 0.15) is 5.60 Å². The highest BCUT2D eigenvalue weighted by molar-refractivity contribution is 5.69. The first-order valence-corrected chi connectivity index (χ1v) is 11.3. The number of hydrogen-bond donors (Lipinski definition) is 2. The predicted molar refractivity (Wildman–Crippen MR) is 127 cm³/mol. The minimum atomic E-state index is -0.538. The zero-order chi connectivity index (χ0) is 22.9. The summed E-state index contributed by atoms with van der Waals surface area (Å²) < 4.78 is 5.55. The van der Waals surface area contributed by atoms with Gasteiger partial charge in [-0.15, -0.1) is 6.58 Å². The molecule has 0 aliphatic carbocycles. The van der Waals surface area contributed by atoms with Crippen LogP contribution >= 0.6 is 0 Å². The van der Waals surface area contributed by atoms with Gasteiger partial charge in [0.15, 0.2) is 0 Å². The number of carbonyl (C=O) groups is 1. The second-order valence-corrected chi connectivity index (χ2v) is 10.2. The normalized spacial score (nSPS) is 18.2. The maximum absolute atomic E-state index is 12.6. The Morgan fingerprint density at radius 1 is 1.30 bits per heavy atom. The van der Waals surface area contributed by atoms with Gasteiger partial charge in [0.25, 0.3) is 0 Å². The second kappa shape index (κ2) is 11.6. The van der Waals surface area contributed by atoms with E-state index in [9.17, 15) is 4.79 Å². The van der Waals surface area contributed by atoms with Gasteiger partial charge < -0.3 is 20.3 Å². The lowest BCUT2D eigenvalue weighted by atomic mass is 9.82. The molecule has 1 heterocycles. The van der Waals surface area contributed by atoms with Crippen LogP contribution in [0.2, 0.25) is 0 Å². The molecule has 0 spiro atoms. The van der Waals surface area contributed by atoms with Crippen molar-refractivity contribution in [3.63, 3.8) is 0 Å². The average Bonchev–Trinajstić information content (AvgIpc) is 2.60. The molecule has 1 aliphatic heterocycles. The molecule has 0 saturated carbocycles. The molecular weight excluding hydrogens is 374 g/mol. The number of amides is 1. The first-order chi connectivity index (χ1) is 13.9. The number of likely N-dealkylation sites (tertiary alicyclic amines) is 1. The number of ether oxygens (including phenoxy) is 1. The summed E-state index contributed by atoms with van der Waals surface area (Å²) in [7, 11) is 1.97. The van der Waals surface area contributed by atoms with E-state index in [0.717, 1.165) is 56.6 Å². The minimum Gasteiger partial charge on any atom is -0.444 e. The average molecular weight is 420 g/mol. The van der Waals surface area contributed by atoms with Gasteiger partial charge >= 0.3 is 6.09 Å². The third-order valence-corrected chi connectivity index (χ3v) is 5.29. The van der Waals surface area contributed by atoms with Gasteiger partial charge in [0.2, 0.25) is 0 Å². The van der Waals surface area contributed by atoms with Gasteiger partial charge in [0, 0.05) is 18.8 Å². The van der Waals surface area contributed by atoms with Gasteiger partial charge in [-0.2, -0.15) is 0 Å². The molecule has 1 saturated heterocycles. The van der Waals surface area contributed by atoms with E-state index >= 15 is 0 Å². The van der Waals surface area contributed by atoms with E-state index in [1.54, 1.807) is 0 Å². The summed E-state index contributed by atoms with van der Waals surface area (Å²) in [4.78, 5) is 15.0. The number of rotatable bonds is 12. The van der Waals surface area contributed by atoms with Crippen LogP contribution in [0.5, 0.6) is 0 Å². The third-order valence-electron chi connectivity index (χ3n) is 5.29. The van der Waals surface area contributed by atoms with Crippen molar-refractivity contribution >= 4 is 6.09 Å². The quantitative estimate of drug-likeness (QED) is 0.257. The molecule has 5 nitrogen and oxygen atoms in total. The summed E-state index contributed by atoms with van der Waals surface area (Å²) in [5, 5.41) is 6.30. The lowest BCUT2D eigenvalue weighted by Crippen LogP contribution is -2.53. The Balaban J connectivity index is 3.00. The maximum Gasteiger partial charge on any atom is 0.408 e.